The molecule has 9 heteroatoms. The number of phenolic OH excluding ortho intramolecular Hbond substituents is 1. The van der Waals surface area contributed by atoms with Gasteiger partial charge in [0, 0.05) is 11.6 Å². The highest BCUT2D eigenvalue weighted by atomic mass is 32.2. The van der Waals surface area contributed by atoms with Gasteiger partial charge in [-0.05, 0) is 47.5 Å². The standard InChI is InChI=1S/C22H15F3N2O3S/c23-14-3-1-2-13(8-14)22-27(20(29)11-31-22)26-21(30)17-9-12(4-7-19(17)28)16-6-5-15(24)10-18(16)25/h1-10,22,28H,11H2,(H,26,30). The highest BCUT2D eigenvalue weighted by Crippen LogP contribution is 2.38. The molecular weight excluding hydrogens is 429 g/mol. The monoisotopic (exact) mass is 444 g/mol. The minimum atomic E-state index is -0.825. The summed E-state index contributed by atoms with van der Waals surface area (Å²) < 4.78 is 40.9. The molecule has 1 aliphatic rings. The number of carbonyl (C=O) groups is 2. The van der Waals surface area contributed by atoms with E-state index < -0.39 is 34.6 Å². The van der Waals surface area contributed by atoms with Gasteiger partial charge in [-0.1, -0.05) is 18.2 Å². The van der Waals surface area contributed by atoms with E-state index >= 15 is 0 Å². The first-order valence-corrected chi connectivity index (χ1v) is 10.2. The number of nitrogens with zero attached hydrogens (tertiary/aromatic N) is 1. The molecule has 158 valence electrons. The van der Waals surface area contributed by atoms with E-state index in [9.17, 15) is 27.9 Å². The normalized spacial score (nSPS) is 15.9. The van der Waals surface area contributed by atoms with Crippen LogP contribution in [0.2, 0.25) is 0 Å². The maximum Gasteiger partial charge on any atom is 0.273 e. The first-order chi connectivity index (χ1) is 14.8. The van der Waals surface area contributed by atoms with Crippen molar-refractivity contribution < 1.29 is 27.9 Å². The molecule has 1 atom stereocenters. The van der Waals surface area contributed by atoms with Gasteiger partial charge in [0.25, 0.3) is 11.8 Å². The highest BCUT2D eigenvalue weighted by molar-refractivity contribution is 8.00. The van der Waals surface area contributed by atoms with Gasteiger partial charge in [-0.2, -0.15) is 0 Å². The molecule has 5 nitrogen and oxygen atoms in total. The quantitative estimate of drug-likeness (QED) is 0.626. The molecule has 1 heterocycles. The van der Waals surface area contributed by atoms with Crippen molar-refractivity contribution in [1.29, 1.82) is 0 Å². The third kappa shape index (κ3) is 4.22. The average molecular weight is 444 g/mol. The van der Waals surface area contributed by atoms with Crippen molar-refractivity contribution in [2.45, 2.75) is 5.37 Å². The van der Waals surface area contributed by atoms with E-state index in [1.54, 1.807) is 6.07 Å². The van der Waals surface area contributed by atoms with Crippen molar-refractivity contribution in [3.63, 3.8) is 0 Å². The Morgan fingerprint density at radius 3 is 2.55 bits per heavy atom. The number of benzene rings is 3. The fraction of sp³-hybridized carbons (Fsp3) is 0.0909. The summed E-state index contributed by atoms with van der Waals surface area (Å²) in [5.41, 5.74) is 3.01. The van der Waals surface area contributed by atoms with E-state index in [0.29, 0.717) is 11.6 Å². The minimum Gasteiger partial charge on any atom is -0.507 e. The van der Waals surface area contributed by atoms with Crippen LogP contribution in [0.3, 0.4) is 0 Å². The van der Waals surface area contributed by atoms with E-state index in [4.69, 9.17) is 0 Å². The van der Waals surface area contributed by atoms with Gasteiger partial charge in [0.05, 0.1) is 11.3 Å². The molecule has 3 aromatic carbocycles. The summed E-state index contributed by atoms with van der Waals surface area (Å²) in [6.45, 7) is 0. The summed E-state index contributed by atoms with van der Waals surface area (Å²) in [5.74, 6) is -3.55. The number of thioether (sulfide) groups is 1. The van der Waals surface area contributed by atoms with Crippen LogP contribution in [0.25, 0.3) is 11.1 Å². The molecule has 0 aromatic heterocycles. The Bertz CT molecular complexity index is 1190. The van der Waals surface area contributed by atoms with E-state index in [1.165, 1.54) is 54.2 Å². The topological polar surface area (TPSA) is 69.6 Å². The Kier molecular flexibility index (Phi) is 5.60. The van der Waals surface area contributed by atoms with Gasteiger partial charge in [-0.3, -0.25) is 15.0 Å². The lowest BCUT2D eigenvalue weighted by molar-refractivity contribution is -0.130. The van der Waals surface area contributed by atoms with Gasteiger partial charge in [-0.15, -0.1) is 11.8 Å². The van der Waals surface area contributed by atoms with Crippen LogP contribution in [0.5, 0.6) is 5.75 Å². The predicted octanol–water partition coefficient (Wildman–Crippen LogP) is 4.40. The SMILES string of the molecule is O=C(NN1C(=O)CSC1c1cccc(F)c1)c1cc(-c2ccc(F)cc2F)ccc1O. The Labute approximate surface area is 179 Å². The van der Waals surface area contributed by atoms with Crippen LogP contribution in [0.4, 0.5) is 13.2 Å². The number of carbonyl (C=O) groups excluding carboxylic acids is 2. The highest BCUT2D eigenvalue weighted by Gasteiger charge is 2.35. The molecule has 0 spiro atoms. The number of hydrogen-bond acceptors (Lipinski definition) is 4. The second-order valence-electron chi connectivity index (χ2n) is 6.78. The average Bonchev–Trinajstić information content (AvgIpc) is 3.09. The van der Waals surface area contributed by atoms with Crippen molar-refractivity contribution in [2.24, 2.45) is 0 Å². The smallest absolute Gasteiger partial charge is 0.273 e. The van der Waals surface area contributed by atoms with E-state index in [1.807, 2.05) is 0 Å². The zero-order valence-electron chi connectivity index (χ0n) is 15.8. The molecule has 31 heavy (non-hydrogen) atoms. The summed E-state index contributed by atoms with van der Waals surface area (Å²) in [5, 5.41) is 10.6. The molecule has 0 saturated carbocycles. The first-order valence-electron chi connectivity index (χ1n) is 9.12. The van der Waals surface area contributed by atoms with Crippen molar-refractivity contribution in [1.82, 2.24) is 10.4 Å². The van der Waals surface area contributed by atoms with Gasteiger partial charge in [-0.25, -0.2) is 18.2 Å². The van der Waals surface area contributed by atoms with Crippen LogP contribution in [0.1, 0.15) is 21.3 Å². The number of halogens is 3. The van der Waals surface area contributed by atoms with Crippen LogP contribution in [0.15, 0.2) is 60.7 Å². The second kappa shape index (κ2) is 8.35. The van der Waals surface area contributed by atoms with Gasteiger partial charge >= 0.3 is 0 Å². The molecule has 4 rings (SSSR count). The number of rotatable bonds is 4. The van der Waals surface area contributed by atoms with Crippen LogP contribution < -0.4 is 5.43 Å². The fourth-order valence-corrected chi connectivity index (χ4v) is 4.33. The van der Waals surface area contributed by atoms with Crippen molar-refractivity contribution >= 4 is 23.6 Å². The molecule has 2 amide bonds. The zero-order valence-corrected chi connectivity index (χ0v) is 16.6. The molecule has 1 saturated heterocycles. The molecule has 1 unspecified atom stereocenters. The Morgan fingerprint density at radius 2 is 1.81 bits per heavy atom. The van der Waals surface area contributed by atoms with Gasteiger partial charge in [0.15, 0.2) is 0 Å². The van der Waals surface area contributed by atoms with Gasteiger partial charge < -0.3 is 5.11 Å². The van der Waals surface area contributed by atoms with Gasteiger partial charge in [0.1, 0.15) is 28.6 Å². The van der Waals surface area contributed by atoms with Crippen LogP contribution in [0, 0.1) is 17.5 Å². The second-order valence-corrected chi connectivity index (χ2v) is 7.85. The van der Waals surface area contributed by atoms with E-state index in [2.05, 4.69) is 5.43 Å². The summed E-state index contributed by atoms with van der Waals surface area (Å²) in [6, 6.07) is 12.5. The molecule has 2 N–H and O–H groups in total. The molecule has 0 bridgehead atoms. The van der Waals surface area contributed by atoms with Gasteiger partial charge in [0.2, 0.25) is 0 Å². The van der Waals surface area contributed by atoms with Crippen LogP contribution in [-0.2, 0) is 4.79 Å². The van der Waals surface area contributed by atoms with Crippen molar-refractivity contribution in [3.05, 3.63) is 89.2 Å². The summed E-state index contributed by atoms with van der Waals surface area (Å²) >= 11 is 1.21. The lowest BCUT2D eigenvalue weighted by atomic mass is 10.0. The van der Waals surface area contributed by atoms with Crippen LogP contribution >= 0.6 is 11.8 Å². The lowest BCUT2D eigenvalue weighted by Gasteiger charge is -2.25. The number of amides is 2. The van der Waals surface area contributed by atoms with Crippen molar-refractivity contribution in [2.75, 3.05) is 5.75 Å². The minimum absolute atomic E-state index is 0.0425. The summed E-state index contributed by atoms with van der Waals surface area (Å²) in [7, 11) is 0. The molecular formula is C22H15F3N2O3S. The number of hydrazine groups is 1. The maximum atomic E-state index is 14.1. The Morgan fingerprint density at radius 1 is 1.03 bits per heavy atom. The number of phenols is 1. The molecule has 0 radical (unpaired) electrons. The van der Waals surface area contributed by atoms with E-state index in [-0.39, 0.29) is 28.2 Å². The Balaban J connectivity index is 1.62. The number of nitrogens with one attached hydrogen (secondary N) is 1. The fourth-order valence-electron chi connectivity index (χ4n) is 3.23. The number of aromatic hydroxyl groups is 1. The molecule has 3 aromatic rings. The summed E-state index contributed by atoms with van der Waals surface area (Å²) in [4.78, 5) is 25.1. The predicted molar refractivity (Wildman–Crippen MR) is 109 cm³/mol. The Hall–Kier alpha value is -3.46. The first kappa shape index (κ1) is 20.8. The number of hydrogen-bond donors (Lipinski definition) is 2. The van der Waals surface area contributed by atoms with Crippen LogP contribution in [-0.4, -0.2) is 27.7 Å². The molecule has 0 aliphatic carbocycles. The summed E-state index contributed by atoms with van der Waals surface area (Å²) in [6.07, 6.45) is 0. The van der Waals surface area contributed by atoms with E-state index in [0.717, 1.165) is 11.1 Å². The molecule has 1 aliphatic heterocycles. The largest absolute Gasteiger partial charge is 0.507 e. The third-order valence-corrected chi connectivity index (χ3v) is 5.92. The lowest BCUT2D eigenvalue weighted by Crippen LogP contribution is -2.44. The zero-order chi connectivity index (χ0) is 22.1. The van der Waals surface area contributed by atoms with Crippen molar-refractivity contribution in [3.8, 4) is 16.9 Å². The maximum absolute atomic E-state index is 14.1. The third-order valence-electron chi connectivity index (χ3n) is 4.71. The molecule has 1 fully saturated rings.